The third-order valence-electron chi connectivity index (χ3n) is 6.55. The number of aliphatic carboxylic acids is 1. The average molecular weight is 463 g/mol. The van der Waals surface area contributed by atoms with Gasteiger partial charge in [0.2, 0.25) is 5.91 Å². The minimum atomic E-state index is -2.11. The van der Waals surface area contributed by atoms with Crippen molar-refractivity contribution in [3.63, 3.8) is 0 Å². The van der Waals surface area contributed by atoms with Crippen LogP contribution < -0.4 is 10.1 Å². The van der Waals surface area contributed by atoms with Gasteiger partial charge < -0.3 is 25.2 Å². The van der Waals surface area contributed by atoms with E-state index in [9.17, 15) is 24.6 Å². The molecule has 1 aromatic carbocycles. The third kappa shape index (κ3) is 7.01. The van der Waals surface area contributed by atoms with E-state index >= 15 is 0 Å². The van der Waals surface area contributed by atoms with Crippen LogP contribution in [0.15, 0.2) is 24.3 Å². The number of rotatable bonds is 9. The van der Waals surface area contributed by atoms with Crippen molar-refractivity contribution in [2.45, 2.75) is 76.9 Å². The lowest BCUT2D eigenvalue weighted by atomic mass is 9.74. The second-order valence-corrected chi connectivity index (χ2v) is 9.82. The lowest BCUT2D eigenvalue weighted by molar-refractivity contribution is -0.157. The van der Waals surface area contributed by atoms with Crippen LogP contribution in [0.4, 0.5) is 0 Å². The van der Waals surface area contributed by atoms with Crippen molar-refractivity contribution in [2.24, 2.45) is 5.92 Å². The van der Waals surface area contributed by atoms with E-state index in [0.717, 1.165) is 44.3 Å². The highest BCUT2D eigenvalue weighted by molar-refractivity contribution is 5.90. The maximum atomic E-state index is 12.7. The van der Waals surface area contributed by atoms with E-state index in [1.807, 2.05) is 18.2 Å². The monoisotopic (exact) mass is 462 g/mol. The Morgan fingerprint density at radius 1 is 1.27 bits per heavy atom. The van der Waals surface area contributed by atoms with Crippen LogP contribution in [0.2, 0.25) is 0 Å². The minimum Gasteiger partial charge on any atom is -0.480 e. The van der Waals surface area contributed by atoms with Gasteiger partial charge >= 0.3 is 11.9 Å². The van der Waals surface area contributed by atoms with Crippen LogP contribution in [-0.2, 0) is 19.8 Å². The van der Waals surface area contributed by atoms with E-state index in [1.165, 1.54) is 6.92 Å². The molecular weight excluding hydrogens is 424 g/mol. The number of carbonyl (C=O) groups is 3. The Balaban J connectivity index is 2.13. The third-order valence-corrected chi connectivity index (χ3v) is 6.55. The summed E-state index contributed by atoms with van der Waals surface area (Å²) in [5, 5.41) is 22.2. The zero-order valence-electron chi connectivity index (χ0n) is 20.4. The first-order chi connectivity index (χ1) is 15.4. The van der Waals surface area contributed by atoms with Crippen molar-refractivity contribution in [3.8, 4) is 5.75 Å². The Kier molecular flexibility index (Phi) is 9.03. The maximum Gasteiger partial charge on any atom is 0.343 e. The number of esters is 1. The molecule has 1 aliphatic heterocycles. The number of nitrogens with zero attached hydrogens (tertiary/aromatic N) is 1. The first-order valence-electron chi connectivity index (χ1n) is 11.7. The fourth-order valence-corrected chi connectivity index (χ4v) is 4.48. The molecule has 1 unspecified atom stereocenters. The summed E-state index contributed by atoms with van der Waals surface area (Å²) >= 11 is 0. The van der Waals surface area contributed by atoms with Crippen LogP contribution in [-0.4, -0.2) is 64.7 Å². The number of likely N-dealkylation sites (N-methyl/N-ethyl adjacent to an activating group) is 1. The molecule has 0 aromatic heterocycles. The van der Waals surface area contributed by atoms with Gasteiger partial charge in [0.15, 0.2) is 5.60 Å². The van der Waals surface area contributed by atoms with Crippen LogP contribution in [0, 0.1) is 5.92 Å². The highest BCUT2D eigenvalue weighted by Crippen LogP contribution is 2.37. The topological polar surface area (TPSA) is 116 Å². The first-order valence-corrected chi connectivity index (χ1v) is 11.7. The highest BCUT2D eigenvalue weighted by atomic mass is 16.6. The molecule has 0 spiro atoms. The van der Waals surface area contributed by atoms with Gasteiger partial charge in [0, 0.05) is 12.0 Å². The normalized spacial score (nSPS) is 22.2. The molecule has 0 saturated carbocycles. The zero-order chi connectivity index (χ0) is 24.8. The number of benzene rings is 1. The molecule has 2 rings (SSSR count). The van der Waals surface area contributed by atoms with E-state index < -0.39 is 35.9 Å². The van der Waals surface area contributed by atoms with Gasteiger partial charge in [-0.05, 0) is 63.4 Å². The second kappa shape index (κ2) is 11.1. The van der Waals surface area contributed by atoms with Crippen molar-refractivity contribution < 1.29 is 29.3 Å². The zero-order valence-corrected chi connectivity index (χ0v) is 20.4. The molecule has 8 nitrogen and oxygen atoms in total. The summed E-state index contributed by atoms with van der Waals surface area (Å²) < 4.78 is 5.46. The molecule has 8 heteroatoms. The molecule has 0 radical (unpaired) electrons. The minimum absolute atomic E-state index is 0.0429. The Morgan fingerprint density at radius 2 is 1.97 bits per heavy atom. The smallest absolute Gasteiger partial charge is 0.343 e. The quantitative estimate of drug-likeness (QED) is 0.382. The van der Waals surface area contributed by atoms with Gasteiger partial charge in [-0.15, -0.1) is 0 Å². The maximum absolute atomic E-state index is 12.7. The Labute approximate surface area is 196 Å². The number of carbonyl (C=O) groups excluding carboxylic acids is 2. The van der Waals surface area contributed by atoms with Gasteiger partial charge in [-0.3, -0.25) is 4.79 Å². The highest BCUT2D eigenvalue weighted by Gasteiger charge is 2.37. The van der Waals surface area contributed by atoms with E-state index in [1.54, 1.807) is 19.9 Å². The van der Waals surface area contributed by atoms with E-state index in [2.05, 4.69) is 24.2 Å². The number of amides is 1. The molecule has 1 amide bonds. The number of carboxylic acids is 1. The summed E-state index contributed by atoms with van der Waals surface area (Å²) in [5.41, 5.74) is -1.06. The van der Waals surface area contributed by atoms with Gasteiger partial charge in [0.05, 0.1) is 6.42 Å². The summed E-state index contributed by atoms with van der Waals surface area (Å²) in [6, 6.07) is 6.27. The SMILES string of the molecule is CCC1(c2cccc(OC(=O)[C@@](C)(O)CC(=O)N[C@H](C(=O)O)C(C)C)c2)CCCCN(C)C1. The number of ether oxygens (including phenoxy) is 1. The summed E-state index contributed by atoms with van der Waals surface area (Å²) in [7, 11) is 2.12. The predicted molar refractivity (Wildman–Crippen MR) is 125 cm³/mol. The van der Waals surface area contributed by atoms with Crippen molar-refractivity contribution in [1.29, 1.82) is 0 Å². The van der Waals surface area contributed by atoms with Gasteiger partial charge in [-0.1, -0.05) is 39.3 Å². The standard InChI is InChI=1S/C25H38N2O6/c1-6-25(12-7-8-13-27(5)16-25)18-10-9-11-19(14-18)33-23(31)24(4,32)15-20(28)26-21(17(2)3)22(29)30/h9-11,14,17,21,32H,6-8,12-13,15-16H2,1-5H3,(H,26,28)(H,29,30)/t21-,24-,25?/m0/s1. The van der Waals surface area contributed by atoms with Crippen LogP contribution >= 0.6 is 0 Å². The van der Waals surface area contributed by atoms with Gasteiger partial charge in [0.25, 0.3) is 0 Å². The Morgan fingerprint density at radius 3 is 2.58 bits per heavy atom. The van der Waals surface area contributed by atoms with Crippen molar-refractivity contribution in [1.82, 2.24) is 10.2 Å². The number of aliphatic hydroxyl groups is 1. The lowest BCUT2D eigenvalue weighted by Crippen LogP contribution is -2.49. The predicted octanol–water partition coefficient (Wildman–Crippen LogP) is 2.72. The fourth-order valence-electron chi connectivity index (χ4n) is 4.48. The molecule has 1 fully saturated rings. The second-order valence-electron chi connectivity index (χ2n) is 9.82. The summed E-state index contributed by atoms with van der Waals surface area (Å²) in [6.45, 7) is 8.65. The molecule has 33 heavy (non-hydrogen) atoms. The molecule has 3 N–H and O–H groups in total. The largest absolute Gasteiger partial charge is 0.480 e. The summed E-state index contributed by atoms with van der Waals surface area (Å²) in [5.74, 6) is -2.91. The molecule has 1 aromatic rings. The van der Waals surface area contributed by atoms with Crippen molar-refractivity contribution in [3.05, 3.63) is 29.8 Å². The van der Waals surface area contributed by atoms with E-state index in [0.29, 0.717) is 5.75 Å². The summed E-state index contributed by atoms with van der Waals surface area (Å²) in [4.78, 5) is 38.6. The number of hydrogen-bond acceptors (Lipinski definition) is 6. The average Bonchev–Trinajstić information content (AvgIpc) is 2.93. The molecular formula is C25H38N2O6. The molecule has 1 saturated heterocycles. The first kappa shape index (κ1) is 26.8. The van der Waals surface area contributed by atoms with Crippen LogP contribution in [0.25, 0.3) is 0 Å². The Bertz CT molecular complexity index is 853. The molecule has 0 bridgehead atoms. The van der Waals surface area contributed by atoms with Gasteiger partial charge in [-0.25, -0.2) is 9.59 Å². The van der Waals surface area contributed by atoms with Crippen LogP contribution in [0.1, 0.15) is 65.4 Å². The van der Waals surface area contributed by atoms with Crippen molar-refractivity contribution in [2.75, 3.05) is 20.1 Å². The number of carboxylic acid groups (broad SMARTS) is 1. The molecule has 184 valence electrons. The van der Waals surface area contributed by atoms with Gasteiger partial charge in [0.1, 0.15) is 11.8 Å². The number of likely N-dealkylation sites (tertiary alicyclic amines) is 1. The molecule has 1 aliphatic rings. The molecule has 3 atom stereocenters. The van der Waals surface area contributed by atoms with Crippen LogP contribution in [0.3, 0.4) is 0 Å². The fraction of sp³-hybridized carbons (Fsp3) is 0.640. The van der Waals surface area contributed by atoms with Gasteiger partial charge in [-0.2, -0.15) is 0 Å². The summed E-state index contributed by atoms with van der Waals surface area (Å²) in [6.07, 6.45) is 3.67. The van der Waals surface area contributed by atoms with E-state index in [-0.39, 0.29) is 11.3 Å². The number of hydrogen-bond donors (Lipinski definition) is 3. The molecule has 0 aliphatic carbocycles. The lowest BCUT2D eigenvalue weighted by Gasteiger charge is -2.35. The van der Waals surface area contributed by atoms with Crippen molar-refractivity contribution >= 4 is 17.8 Å². The van der Waals surface area contributed by atoms with E-state index in [4.69, 9.17) is 4.74 Å². The number of nitrogens with one attached hydrogen (secondary N) is 1. The van der Waals surface area contributed by atoms with Crippen LogP contribution in [0.5, 0.6) is 5.75 Å². The Hall–Kier alpha value is -2.45. The molecule has 1 heterocycles.